The molecule has 0 unspecified atom stereocenters. The molecule has 1 aliphatic carbocycles. The largest absolute Gasteiger partial charge is 0.325 e. The predicted molar refractivity (Wildman–Crippen MR) is 106 cm³/mol. The molecule has 0 bridgehead atoms. The van der Waals surface area contributed by atoms with E-state index in [1.807, 2.05) is 12.1 Å². The van der Waals surface area contributed by atoms with Gasteiger partial charge in [0.15, 0.2) is 5.65 Å². The lowest BCUT2D eigenvalue weighted by atomic mass is 9.99. The summed E-state index contributed by atoms with van der Waals surface area (Å²) < 4.78 is 15.9. The van der Waals surface area contributed by atoms with Crippen LogP contribution in [-0.4, -0.2) is 24.6 Å². The summed E-state index contributed by atoms with van der Waals surface area (Å²) in [6.07, 6.45) is 5.43. The first-order valence-corrected chi connectivity index (χ1v) is 9.33. The lowest BCUT2D eigenvalue weighted by Gasteiger charge is -2.08. The maximum Gasteiger partial charge on any atom is 0.325 e. The number of nitrogens with one attached hydrogen (secondary N) is 2. The average molecular weight is 402 g/mol. The highest BCUT2D eigenvalue weighted by atomic mass is 19.1. The van der Waals surface area contributed by atoms with Crippen molar-refractivity contribution in [3.05, 3.63) is 85.7 Å². The lowest BCUT2D eigenvalue weighted by Crippen LogP contribution is -2.23. The van der Waals surface area contributed by atoms with Crippen LogP contribution in [0.3, 0.4) is 0 Å². The lowest BCUT2D eigenvalue weighted by molar-refractivity contribution is 0.620. The first kappa shape index (κ1) is 18.0. The molecule has 0 saturated heterocycles. The number of imidazole rings is 1. The number of benzene rings is 1. The third-order valence-electron chi connectivity index (χ3n) is 5.52. The molecule has 2 N–H and O–H groups in total. The molecular formula is C21H15FN6O2. The molecule has 0 radical (unpaired) electrons. The number of aromatic amines is 2. The fourth-order valence-electron chi connectivity index (χ4n) is 3.98. The highest BCUT2D eigenvalue weighted by Gasteiger charge is 2.42. The topological polar surface area (TPSA) is 120 Å². The second-order valence-electron chi connectivity index (χ2n) is 7.42. The normalized spacial score (nSPS) is 17.8. The minimum atomic E-state index is -0.590. The smallest absolute Gasteiger partial charge is 0.313 e. The van der Waals surface area contributed by atoms with Gasteiger partial charge in [-0.15, -0.1) is 0 Å². The third-order valence-corrected chi connectivity index (χ3v) is 5.52. The van der Waals surface area contributed by atoms with Gasteiger partial charge in [0.05, 0.1) is 16.8 Å². The maximum absolute atomic E-state index is 14.3. The van der Waals surface area contributed by atoms with Crippen molar-refractivity contribution in [3.63, 3.8) is 0 Å². The second kappa shape index (κ2) is 6.49. The first-order chi connectivity index (χ1) is 14.5. The molecule has 148 valence electrons. The molecule has 30 heavy (non-hydrogen) atoms. The molecule has 3 heterocycles. The van der Waals surface area contributed by atoms with Crippen LogP contribution in [0.4, 0.5) is 4.39 Å². The van der Waals surface area contributed by atoms with Crippen molar-refractivity contribution in [2.75, 3.05) is 0 Å². The van der Waals surface area contributed by atoms with Crippen LogP contribution < -0.4 is 11.2 Å². The summed E-state index contributed by atoms with van der Waals surface area (Å²) in [6.45, 7) is 1.72. The highest BCUT2D eigenvalue weighted by molar-refractivity contribution is 5.63. The molecule has 1 fully saturated rings. The van der Waals surface area contributed by atoms with Gasteiger partial charge in [-0.1, -0.05) is 6.07 Å². The Morgan fingerprint density at radius 1 is 1.27 bits per heavy atom. The molecular weight excluding hydrogens is 387 g/mol. The van der Waals surface area contributed by atoms with E-state index in [1.54, 1.807) is 29.9 Å². The summed E-state index contributed by atoms with van der Waals surface area (Å²) in [5.41, 5.74) is 2.58. The molecule has 0 spiro atoms. The van der Waals surface area contributed by atoms with E-state index in [0.717, 1.165) is 17.5 Å². The Bertz CT molecular complexity index is 1450. The SMILES string of the molecule is Cc1cc([C@H]2C[C@@H]2c2cc(-c3c[nH]c(=O)[nH]c3=O)nn3ccnc23)cc(F)c1C#N. The van der Waals surface area contributed by atoms with E-state index in [0.29, 0.717) is 16.9 Å². The van der Waals surface area contributed by atoms with Gasteiger partial charge in [0, 0.05) is 24.2 Å². The zero-order valence-corrected chi connectivity index (χ0v) is 15.8. The Hall–Kier alpha value is -4.06. The fraction of sp³-hybridized carbons (Fsp3) is 0.190. The Labute approximate surface area is 168 Å². The molecule has 8 nitrogen and oxygen atoms in total. The number of hydrogen-bond acceptors (Lipinski definition) is 5. The van der Waals surface area contributed by atoms with Crippen molar-refractivity contribution in [1.82, 2.24) is 24.6 Å². The summed E-state index contributed by atoms with van der Waals surface area (Å²) in [7, 11) is 0. The maximum atomic E-state index is 14.3. The molecule has 3 aromatic heterocycles. The molecule has 0 amide bonds. The number of aryl methyl sites for hydroxylation is 1. The van der Waals surface area contributed by atoms with Gasteiger partial charge in [-0.3, -0.25) is 9.78 Å². The van der Waals surface area contributed by atoms with Crippen molar-refractivity contribution in [1.29, 1.82) is 5.26 Å². The van der Waals surface area contributed by atoms with E-state index in [-0.39, 0.29) is 23.0 Å². The van der Waals surface area contributed by atoms with Gasteiger partial charge < -0.3 is 4.98 Å². The average Bonchev–Trinajstić information content (AvgIpc) is 3.36. The standard InChI is InChI=1S/C21H15FN6O2/c1-10-4-11(5-17(22)15(10)8-23)12-6-13(12)14-7-18(27-28-3-2-24-19(14)28)16-9-25-21(30)26-20(16)29/h2-5,7,9,12-13H,6H2,1H3,(H2,25,26,29,30)/t12-,13+/m1/s1. The van der Waals surface area contributed by atoms with Gasteiger partial charge >= 0.3 is 5.69 Å². The number of fused-ring (bicyclic) bond motifs is 1. The number of nitrogens with zero attached hydrogens (tertiary/aromatic N) is 4. The van der Waals surface area contributed by atoms with Crippen LogP contribution in [0.1, 0.15) is 40.5 Å². The van der Waals surface area contributed by atoms with E-state index >= 15 is 0 Å². The monoisotopic (exact) mass is 402 g/mol. The van der Waals surface area contributed by atoms with Gasteiger partial charge in [-0.25, -0.2) is 18.7 Å². The molecule has 2 atom stereocenters. The highest BCUT2D eigenvalue weighted by Crippen LogP contribution is 2.56. The zero-order chi connectivity index (χ0) is 21.0. The molecule has 1 saturated carbocycles. The summed E-state index contributed by atoms with van der Waals surface area (Å²) in [5, 5.41) is 13.5. The molecule has 1 aliphatic rings. The van der Waals surface area contributed by atoms with E-state index in [4.69, 9.17) is 5.26 Å². The Morgan fingerprint density at radius 2 is 2.10 bits per heavy atom. The van der Waals surface area contributed by atoms with Gasteiger partial charge in [0.2, 0.25) is 0 Å². The van der Waals surface area contributed by atoms with Gasteiger partial charge in [-0.05, 0) is 48.4 Å². The molecule has 9 heteroatoms. The summed E-state index contributed by atoms with van der Waals surface area (Å²) >= 11 is 0. The van der Waals surface area contributed by atoms with Crippen LogP contribution in [-0.2, 0) is 0 Å². The van der Waals surface area contributed by atoms with E-state index in [9.17, 15) is 14.0 Å². The number of rotatable bonds is 3. The second-order valence-corrected chi connectivity index (χ2v) is 7.42. The van der Waals surface area contributed by atoms with Crippen LogP contribution in [0, 0.1) is 24.1 Å². The predicted octanol–water partition coefficient (Wildman–Crippen LogP) is 2.36. The molecule has 4 aromatic rings. The van der Waals surface area contributed by atoms with E-state index < -0.39 is 17.1 Å². The van der Waals surface area contributed by atoms with Crippen molar-refractivity contribution >= 4 is 5.65 Å². The minimum Gasteiger partial charge on any atom is -0.313 e. The van der Waals surface area contributed by atoms with Crippen molar-refractivity contribution in [2.24, 2.45) is 0 Å². The number of aromatic nitrogens is 5. The third kappa shape index (κ3) is 2.81. The van der Waals surface area contributed by atoms with E-state index in [2.05, 4.69) is 20.1 Å². The van der Waals surface area contributed by atoms with Crippen LogP contribution in [0.15, 0.2) is 46.4 Å². The minimum absolute atomic E-state index is 0.0649. The summed E-state index contributed by atoms with van der Waals surface area (Å²) in [6, 6.07) is 6.96. The zero-order valence-electron chi connectivity index (χ0n) is 15.8. The van der Waals surface area contributed by atoms with Crippen LogP contribution in [0.2, 0.25) is 0 Å². The number of hydrogen-bond donors (Lipinski definition) is 2. The van der Waals surface area contributed by atoms with Crippen LogP contribution in [0.25, 0.3) is 16.9 Å². The van der Waals surface area contributed by atoms with Crippen LogP contribution in [0.5, 0.6) is 0 Å². The van der Waals surface area contributed by atoms with Crippen LogP contribution >= 0.6 is 0 Å². The summed E-state index contributed by atoms with van der Waals surface area (Å²) in [5.74, 6) is -0.361. The fourth-order valence-corrected chi connectivity index (χ4v) is 3.98. The number of halogens is 1. The Balaban J connectivity index is 1.59. The van der Waals surface area contributed by atoms with Crippen molar-refractivity contribution in [3.8, 4) is 17.3 Å². The quantitative estimate of drug-likeness (QED) is 0.545. The summed E-state index contributed by atoms with van der Waals surface area (Å²) in [4.78, 5) is 32.6. The molecule has 5 rings (SSSR count). The Kier molecular flexibility index (Phi) is 3.89. The number of nitriles is 1. The van der Waals surface area contributed by atoms with Gasteiger partial charge in [-0.2, -0.15) is 10.4 Å². The van der Waals surface area contributed by atoms with Crippen molar-refractivity contribution < 1.29 is 4.39 Å². The Morgan fingerprint density at radius 3 is 2.83 bits per heavy atom. The molecule has 1 aromatic carbocycles. The van der Waals surface area contributed by atoms with Gasteiger partial charge in [0.1, 0.15) is 11.9 Å². The van der Waals surface area contributed by atoms with Crippen molar-refractivity contribution in [2.45, 2.75) is 25.2 Å². The number of H-pyrrole nitrogens is 2. The van der Waals surface area contributed by atoms with E-state index in [1.165, 1.54) is 12.3 Å². The van der Waals surface area contributed by atoms with Gasteiger partial charge in [0.25, 0.3) is 5.56 Å². The first-order valence-electron chi connectivity index (χ1n) is 9.33. The molecule has 0 aliphatic heterocycles.